The van der Waals surface area contributed by atoms with Gasteiger partial charge in [-0.05, 0) is 42.4 Å². The molecule has 5 rings (SSSR count). The molecule has 1 saturated heterocycles. The lowest BCUT2D eigenvalue weighted by atomic mass is 9.63. The van der Waals surface area contributed by atoms with Crippen molar-refractivity contribution in [1.29, 1.82) is 0 Å². The smallest absolute Gasteiger partial charge is 0.254 e. The van der Waals surface area contributed by atoms with Crippen LogP contribution in [-0.4, -0.2) is 23.0 Å². The first kappa shape index (κ1) is 13.7. The van der Waals surface area contributed by atoms with Crippen LogP contribution in [0, 0.1) is 23.7 Å². The molecule has 3 aliphatic carbocycles. The van der Waals surface area contributed by atoms with Gasteiger partial charge >= 0.3 is 0 Å². The van der Waals surface area contributed by atoms with Crippen molar-refractivity contribution in [3.63, 3.8) is 0 Å². The van der Waals surface area contributed by atoms with E-state index in [0.29, 0.717) is 5.02 Å². The third-order valence-corrected chi connectivity index (χ3v) is 5.18. The van der Waals surface area contributed by atoms with Gasteiger partial charge in [0.15, 0.2) is 0 Å². The van der Waals surface area contributed by atoms with Gasteiger partial charge < -0.3 is 0 Å². The summed E-state index contributed by atoms with van der Waals surface area (Å²) in [4.78, 5) is 25.1. The summed E-state index contributed by atoms with van der Waals surface area (Å²) in [5, 5.41) is 5.85. The van der Waals surface area contributed by atoms with E-state index in [-0.39, 0.29) is 35.5 Å². The molecular weight excluding hydrogens is 300 g/mol. The highest BCUT2D eigenvalue weighted by atomic mass is 35.5. The van der Waals surface area contributed by atoms with Crippen LogP contribution in [0.25, 0.3) is 0 Å². The van der Waals surface area contributed by atoms with Crippen molar-refractivity contribution in [3.05, 3.63) is 47.0 Å². The van der Waals surface area contributed by atoms with Gasteiger partial charge in [0.25, 0.3) is 11.8 Å². The summed E-state index contributed by atoms with van der Waals surface area (Å²) in [5.74, 6) is -0.333. The number of hydrogen-bond donors (Lipinski definition) is 0. The number of carbonyl (C=O) groups is 2. The summed E-state index contributed by atoms with van der Waals surface area (Å²) in [6.07, 6.45) is 7.74. The second-order valence-electron chi connectivity index (χ2n) is 6.13. The third-order valence-electron chi connectivity index (χ3n) is 4.93. The van der Waals surface area contributed by atoms with E-state index in [1.165, 1.54) is 0 Å². The van der Waals surface area contributed by atoms with Crippen LogP contribution in [0.15, 0.2) is 41.5 Å². The minimum Gasteiger partial charge on any atom is -0.272 e. The number of allylic oxidation sites excluding steroid dienone is 2. The predicted molar refractivity (Wildman–Crippen MR) is 83.2 cm³/mol. The summed E-state index contributed by atoms with van der Waals surface area (Å²) in [6, 6.07) is 7.10. The van der Waals surface area contributed by atoms with Gasteiger partial charge in [-0.25, -0.2) is 0 Å². The largest absolute Gasteiger partial charge is 0.272 e. The number of imide groups is 1. The lowest BCUT2D eigenvalue weighted by Gasteiger charge is -2.37. The van der Waals surface area contributed by atoms with Gasteiger partial charge in [-0.2, -0.15) is 10.1 Å². The molecule has 1 aromatic rings. The van der Waals surface area contributed by atoms with Gasteiger partial charge in [0.1, 0.15) is 0 Å². The maximum atomic E-state index is 12.6. The number of carbonyl (C=O) groups excluding carboxylic acids is 2. The van der Waals surface area contributed by atoms with Crippen molar-refractivity contribution in [2.45, 2.75) is 12.8 Å². The van der Waals surface area contributed by atoms with Crippen LogP contribution in [0.4, 0.5) is 0 Å². The average Bonchev–Trinajstić information content (AvgIpc) is 2.82. The zero-order valence-electron chi connectivity index (χ0n) is 11.9. The molecular formula is C17H15ClN2O2. The molecule has 0 aromatic heterocycles. The maximum absolute atomic E-state index is 12.6. The van der Waals surface area contributed by atoms with Crippen LogP contribution in [-0.2, 0) is 9.59 Å². The molecule has 2 amide bonds. The number of nitrogens with zero attached hydrogens (tertiary/aromatic N) is 2. The summed E-state index contributed by atoms with van der Waals surface area (Å²) < 4.78 is 0. The Bertz CT molecular complexity index is 663. The third kappa shape index (κ3) is 2.02. The van der Waals surface area contributed by atoms with Crippen molar-refractivity contribution in [2.24, 2.45) is 28.8 Å². The monoisotopic (exact) mass is 314 g/mol. The van der Waals surface area contributed by atoms with Gasteiger partial charge in [-0.15, -0.1) is 0 Å². The maximum Gasteiger partial charge on any atom is 0.254 e. The molecule has 2 fully saturated rings. The summed E-state index contributed by atoms with van der Waals surface area (Å²) in [7, 11) is 0. The molecule has 1 aromatic carbocycles. The topological polar surface area (TPSA) is 49.7 Å². The fourth-order valence-corrected chi connectivity index (χ4v) is 3.97. The van der Waals surface area contributed by atoms with Gasteiger partial charge in [0.05, 0.1) is 18.1 Å². The van der Waals surface area contributed by atoms with Crippen molar-refractivity contribution >= 4 is 29.6 Å². The molecule has 0 N–H and O–H groups in total. The van der Waals surface area contributed by atoms with Crippen LogP contribution in [0.3, 0.4) is 0 Å². The van der Waals surface area contributed by atoms with Crippen molar-refractivity contribution in [3.8, 4) is 0 Å². The fraction of sp³-hybridized carbons (Fsp3) is 0.353. The van der Waals surface area contributed by atoms with E-state index in [1.807, 2.05) is 0 Å². The van der Waals surface area contributed by atoms with Gasteiger partial charge in [0, 0.05) is 5.02 Å². The molecule has 0 unspecified atom stereocenters. The normalized spacial score (nSPS) is 33.0. The van der Waals surface area contributed by atoms with Gasteiger partial charge in [0.2, 0.25) is 0 Å². The van der Waals surface area contributed by atoms with Crippen LogP contribution < -0.4 is 0 Å². The van der Waals surface area contributed by atoms with Crippen LogP contribution in [0.1, 0.15) is 18.4 Å². The van der Waals surface area contributed by atoms with E-state index in [9.17, 15) is 9.59 Å². The molecule has 2 bridgehead atoms. The second kappa shape index (κ2) is 5.06. The first-order valence-electron chi connectivity index (χ1n) is 7.51. The quantitative estimate of drug-likeness (QED) is 0.479. The number of amides is 2. The Morgan fingerprint density at radius 3 is 2.05 bits per heavy atom. The van der Waals surface area contributed by atoms with E-state index in [4.69, 9.17) is 11.6 Å². The highest BCUT2D eigenvalue weighted by molar-refractivity contribution is 6.30. The Kier molecular flexibility index (Phi) is 3.15. The SMILES string of the molecule is O=C1[C@@H]2[C@@H](C(=O)N1/N=C\c1ccc(Cl)cc1)[C@@H]1C=C[C@@H]2CC1. The van der Waals surface area contributed by atoms with Crippen LogP contribution in [0.2, 0.25) is 5.02 Å². The van der Waals surface area contributed by atoms with E-state index >= 15 is 0 Å². The van der Waals surface area contributed by atoms with Crippen molar-refractivity contribution in [1.82, 2.24) is 5.01 Å². The Labute approximate surface area is 133 Å². The average molecular weight is 315 g/mol. The molecule has 4 aliphatic rings. The molecule has 4 atom stereocenters. The van der Waals surface area contributed by atoms with Crippen LogP contribution >= 0.6 is 11.6 Å². The van der Waals surface area contributed by atoms with Crippen LogP contribution in [0.5, 0.6) is 0 Å². The van der Waals surface area contributed by atoms with E-state index in [0.717, 1.165) is 23.4 Å². The molecule has 1 aliphatic heterocycles. The van der Waals surface area contributed by atoms with E-state index in [2.05, 4.69) is 17.3 Å². The minimum absolute atomic E-state index is 0.153. The number of rotatable bonds is 2. The number of benzene rings is 1. The van der Waals surface area contributed by atoms with E-state index in [1.54, 1.807) is 30.5 Å². The molecule has 0 radical (unpaired) electrons. The Morgan fingerprint density at radius 2 is 1.55 bits per heavy atom. The lowest BCUT2D eigenvalue weighted by Crippen LogP contribution is -2.38. The summed E-state index contributed by atoms with van der Waals surface area (Å²) in [6.45, 7) is 0. The molecule has 1 saturated carbocycles. The lowest BCUT2D eigenvalue weighted by molar-refractivity contribution is -0.140. The number of fused-ring (bicyclic) bond motifs is 1. The number of hydrogen-bond acceptors (Lipinski definition) is 3. The zero-order chi connectivity index (χ0) is 15.3. The van der Waals surface area contributed by atoms with Crippen molar-refractivity contribution < 1.29 is 9.59 Å². The summed E-state index contributed by atoms with van der Waals surface area (Å²) >= 11 is 5.84. The first-order valence-corrected chi connectivity index (χ1v) is 7.88. The molecule has 22 heavy (non-hydrogen) atoms. The highest BCUT2D eigenvalue weighted by Crippen LogP contribution is 2.49. The highest BCUT2D eigenvalue weighted by Gasteiger charge is 2.56. The number of halogens is 1. The molecule has 4 nitrogen and oxygen atoms in total. The zero-order valence-corrected chi connectivity index (χ0v) is 12.6. The molecule has 112 valence electrons. The van der Waals surface area contributed by atoms with Gasteiger partial charge in [-0.3, -0.25) is 9.59 Å². The summed E-state index contributed by atoms with van der Waals surface area (Å²) in [5.41, 5.74) is 0.806. The first-order chi connectivity index (χ1) is 10.6. The standard InChI is InChI=1S/C17H15ClN2O2/c18-13-7-1-10(2-8-13)9-19-20-16(21)14-11-3-4-12(6-5-11)15(14)17(20)22/h1-4,7-9,11-12,14-15H,5-6H2/b19-9-/t11-,12-,14+,15+/m1/s1. The molecule has 5 heteroatoms. The Hall–Kier alpha value is -1.94. The van der Waals surface area contributed by atoms with Gasteiger partial charge in [-0.1, -0.05) is 35.9 Å². The molecule has 0 spiro atoms. The fourth-order valence-electron chi connectivity index (χ4n) is 3.85. The van der Waals surface area contributed by atoms with Crippen molar-refractivity contribution in [2.75, 3.05) is 0 Å². The molecule has 1 heterocycles. The van der Waals surface area contributed by atoms with E-state index < -0.39 is 0 Å². The Morgan fingerprint density at radius 1 is 1.00 bits per heavy atom. The minimum atomic E-state index is -0.210. The predicted octanol–water partition coefficient (Wildman–Crippen LogP) is 2.87. The number of hydrazone groups is 1. The Balaban J connectivity index is 1.60. The second-order valence-corrected chi connectivity index (χ2v) is 6.56.